The number of carbonyl (C=O) groups excluding carboxylic acids is 3. The van der Waals surface area contributed by atoms with E-state index in [1.807, 2.05) is 74.1 Å². The summed E-state index contributed by atoms with van der Waals surface area (Å²) in [5.41, 5.74) is 2.99. The fourth-order valence-electron chi connectivity index (χ4n) is 5.50. The average molecular weight is 491 g/mol. The van der Waals surface area contributed by atoms with Crippen LogP contribution in [0.3, 0.4) is 0 Å². The molecule has 0 aliphatic carbocycles. The Bertz CT molecular complexity index is 1110. The molecule has 4 amide bonds. The monoisotopic (exact) mass is 490 g/mol. The zero-order valence-electron chi connectivity index (χ0n) is 21.9. The predicted octanol–water partition coefficient (Wildman–Crippen LogP) is 3.64. The fourth-order valence-corrected chi connectivity index (χ4v) is 5.50. The number of imide groups is 1. The van der Waals surface area contributed by atoms with Crippen LogP contribution in [0.1, 0.15) is 46.3 Å². The Hall–Kier alpha value is -3.19. The number of rotatable bonds is 8. The molecule has 1 atom stereocenters. The summed E-state index contributed by atoms with van der Waals surface area (Å²) < 4.78 is 0. The van der Waals surface area contributed by atoms with Crippen LogP contribution in [0.5, 0.6) is 0 Å². The highest BCUT2D eigenvalue weighted by atomic mass is 16.2. The molecule has 7 heteroatoms. The van der Waals surface area contributed by atoms with Crippen LogP contribution in [0.15, 0.2) is 48.5 Å². The molecule has 2 aromatic carbocycles. The van der Waals surface area contributed by atoms with Crippen LogP contribution in [-0.4, -0.2) is 78.4 Å². The van der Waals surface area contributed by atoms with E-state index < -0.39 is 5.54 Å². The summed E-state index contributed by atoms with van der Waals surface area (Å²) in [5.74, 6) is -0.100. The molecule has 4 rings (SSSR count). The highest BCUT2D eigenvalue weighted by Gasteiger charge is 2.55. The van der Waals surface area contributed by atoms with Gasteiger partial charge in [0.25, 0.3) is 11.8 Å². The molecule has 192 valence electrons. The van der Waals surface area contributed by atoms with E-state index in [9.17, 15) is 14.4 Å². The quantitative estimate of drug-likeness (QED) is 0.574. The van der Waals surface area contributed by atoms with Crippen molar-refractivity contribution in [3.05, 3.63) is 70.8 Å². The molecule has 0 radical (unpaired) electrons. The first-order chi connectivity index (χ1) is 17.2. The lowest BCUT2D eigenvalue weighted by Crippen LogP contribution is -2.57. The van der Waals surface area contributed by atoms with Crippen LogP contribution in [0.4, 0.5) is 4.79 Å². The van der Waals surface area contributed by atoms with Gasteiger partial charge in [0.15, 0.2) is 0 Å². The van der Waals surface area contributed by atoms with Crippen LogP contribution < -0.4 is 5.32 Å². The number of amides is 4. The third kappa shape index (κ3) is 5.31. The van der Waals surface area contributed by atoms with Gasteiger partial charge in [-0.2, -0.15) is 0 Å². The smallest absolute Gasteiger partial charge is 0.325 e. The molecule has 0 unspecified atom stereocenters. The summed E-state index contributed by atoms with van der Waals surface area (Å²) in [4.78, 5) is 45.4. The number of piperidine rings is 1. The van der Waals surface area contributed by atoms with Gasteiger partial charge in [0.05, 0.1) is 0 Å². The number of likely N-dealkylation sites (N-methyl/N-ethyl adjacent to an activating group) is 1. The summed E-state index contributed by atoms with van der Waals surface area (Å²) in [5, 5.41) is 3.14. The molecule has 2 heterocycles. The number of hydrogen-bond acceptors (Lipinski definition) is 4. The lowest BCUT2D eigenvalue weighted by Gasteiger charge is -2.41. The van der Waals surface area contributed by atoms with Crippen LogP contribution in [0, 0.1) is 19.8 Å². The fraction of sp³-hybridized carbons (Fsp3) is 0.483. The number of carbonyl (C=O) groups is 3. The number of benzene rings is 2. The Labute approximate surface area is 214 Å². The zero-order chi connectivity index (χ0) is 25.9. The SMILES string of the molecule is Cc1ccc(C)c(C(=O)N2CCC([C@]3(CCc4ccccc4)NC(=O)N(CCN(C)C)C3=O)CC2)c1. The van der Waals surface area contributed by atoms with Crippen molar-refractivity contribution in [3.63, 3.8) is 0 Å². The maximum atomic E-state index is 13.8. The van der Waals surface area contributed by atoms with Crippen LogP contribution >= 0.6 is 0 Å². The van der Waals surface area contributed by atoms with Crippen molar-refractivity contribution in [1.29, 1.82) is 0 Å². The number of nitrogens with zero attached hydrogens (tertiary/aromatic N) is 3. The van der Waals surface area contributed by atoms with Crippen molar-refractivity contribution >= 4 is 17.8 Å². The number of aryl methyl sites for hydroxylation is 3. The summed E-state index contributed by atoms with van der Waals surface area (Å²) in [6, 6.07) is 15.8. The van der Waals surface area contributed by atoms with E-state index in [4.69, 9.17) is 0 Å². The van der Waals surface area contributed by atoms with Gasteiger partial charge >= 0.3 is 6.03 Å². The molecule has 0 bridgehead atoms. The first-order valence-electron chi connectivity index (χ1n) is 12.9. The summed E-state index contributed by atoms with van der Waals surface area (Å²) in [6.45, 7) is 6.10. The Morgan fingerprint density at radius 2 is 1.75 bits per heavy atom. The first-order valence-corrected chi connectivity index (χ1v) is 12.9. The van der Waals surface area contributed by atoms with E-state index in [0.29, 0.717) is 51.9 Å². The molecule has 2 saturated heterocycles. The van der Waals surface area contributed by atoms with Gasteiger partial charge in [-0.1, -0.05) is 48.0 Å². The van der Waals surface area contributed by atoms with Crippen LogP contribution in [-0.2, 0) is 11.2 Å². The average Bonchev–Trinajstić information content (AvgIpc) is 3.12. The largest absolute Gasteiger partial charge is 0.339 e. The molecule has 0 saturated carbocycles. The van der Waals surface area contributed by atoms with E-state index in [-0.39, 0.29) is 23.8 Å². The van der Waals surface area contributed by atoms with Gasteiger partial charge in [0, 0.05) is 31.7 Å². The molecular weight excluding hydrogens is 452 g/mol. The summed E-state index contributed by atoms with van der Waals surface area (Å²) in [7, 11) is 3.87. The molecule has 2 aromatic rings. The molecule has 7 nitrogen and oxygen atoms in total. The maximum Gasteiger partial charge on any atom is 0.325 e. The second-order valence-corrected chi connectivity index (χ2v) is 10.5. The van der Waals surface area contributed by atoms with E-state index in [2.05, 4.69) is 17.4 Å². The van der Waals surface area contributed by atoms with Crippen molar-refractivity contribution in [2.45, 2.75) is 45.1 Å². The van der Waals surface area contributed by atoms with Gasteiger partial charge in [-0.3, -0.25) is 14.5 Å². The standard InChI is InChI=1S/C29H38N4O3/c1-21-10-11-22(2)25(20-21)26(34)32-16-13-24(14-17-32)29(15-12-23-8-6-5-7-9-23)27(35)33(28(36)30-29)19-18-31(3)4/h5-11,20,24H,12-19H2,1-4H3,(H,30,36)/t29-/m0/s1. The van der Waals surface area contributed by atoms with Crippen LogP contribution in [0.25, 0.3) is 0 Å². The van der Waals surface area contributed by atoms with E-state index in [1.165, 1.54) is 4.90 Å². The third-order valence-electron chi connectivity index (χ3n) is 7.73. The molecule has 0 aromatic heterocycles. The minimum atomic E-state index is -0.937. The first kappa shape index (κ1) is 25.9. The van der Waals surface area contributed by atoms with E-state index >= 15 is 0 Å². The minimum Gasteiger partial charge on any atom is -0.339 e. The zero-order valence-corrected chi connectivity index (χ0v) is 21.9. The van der Waals surface area contributed by atoms with Gasteiger partial charge < -0.3 is 15.1 Å². The number of nitrogens with one attached hydrogen (secondary N) is 1. The van der Waals surface area contributed by atoms with Crippen LogP contribution in [0.2, 0.25) is 0 Å². The number of likely N-dealkylation sites (tertiary alicyclic amines) is 1. The second-order valence-electron chi connectivity index (χ2n) is 10.5. The lowest BCUT2D eigenvalue weighted by atomic mass is 9.74. The van der Waals surface area contributed by atoms with E-state index in [1.54, 1.807) is 0 Å². The van der Waals surface area contributed by atoms with Crippen molar-refractivity contribution < 1.29 is 14.4 Å². The molecule has 2 aliphatic heterocycles. The van der Waals surface area contributed by atoms with Crippen molar-refractivity contribution in [3.8, 4) is 0 Å². The normalized spacial score (nSPS) is 20.8. The molecule has 2 aliphatic rings. The van der Waals surface area contributed by atoms with Crippen molar-refractivity contribution in [2.75, 3.05) is 40.3 Å². The van der Waals surface area contributed by atoms with Gasteiger partial charge in [-0.25, -0.2) is 4.79 Å². The third-order valence-corrected chi connectivity index (χ3v) is 7.73. The molecular formula is C29H38N4O3. The van der Waals surface area contributed by atoms with Gasteiger partial charge in [0.1, 0.15) is 5.54 Å². The second kappa shape index (κ2) is 10.8. The van der Waals surface area contributed by atoms with Crippen molar-refractivity contribution in [2.24, 2.45) is 5.92 Å². The van der Waals surface area contributed by atoms with E-state index in [0.717, 1.165) is 22.3 Å². The van der Waals surface area contributed by atoms with Gasteiger partial charge in [0.2, 0.25) is 0 Å². The Balaban J connectivity index is 1.52. The highest BCUT2D eigenvalue weighted by Crippen LogP contribution is 2.37. The molecule has 2 fully saturated rings. The highest BCUT2D eigenvalue weighted by molar-refractivity contribution is 6.07. The molecule has 0 spiro atoms. The predicted molar refractivity (Wildman–Crippen MR) is 141 cm³/mol. The summed E-state index contributed by atoms with van der Waals surface area (Å²) in [6.07, 6.45) is 2.61. The Kier molecular flexibility index (Phi) is 7.79. The summed E-state index contributed by atoms with van der Waals surface area (Å²) >= 11 is 0. The number of urea groups is 1. The van der Waals surface area contributed by atoms with Gasteiger partial charge in [-0.05, 0) is 76.7 Å². The Morgan fingerprint density at radius 1 is 1.06 bits per heavy atom. The maximum absolute atomic E-state index is 13.8. The number of hydrogen-bond donors (Lipinski definition) is 1. The topological polar surface area (TPSA) is 73.0 Å². The van der Waals surface area contributed by atoms with Crippen molar-refractivity contribution in [1.82, 2.24) is 20.0 Å². The molecule has 1 N–H and O–H groups in total. The lowest BCUT2D eigenvalue weighted by molar-refractivity contribution is -0.134. The van der Waals surface area contributed by atoms with Gasteiger partial charge in [-0.15, -0.1) is 0 Å². The Morgan fingerprint density at radius 3 is 2.42 bits per heavy atom. The minimum absolute atomic E-state index is 0.0234. The molecule has 36 heavy (non-hydrogen) atoms.